The molecule has 1 saturated heterocycles. The van der Waals surface area contributed by atoms with E-state index in [2.05, 4.69) is 13.8 Å². The number of hydrogen-bond acceptors (Lipinski definition) is 1. The molecule has 1 atom stereocenters. The van der Waals surface area contributed by atoms with Crippen molar-refractivity contribution in [3.8, 4) is 0 Å². The predicted molar refractivity (Wildman–Crippen MR) is 47.2 cm³/mol. The first-order valence-electron chi connectivity index (χ1n) is 4.62. The minimum atomic E-state index is -0.756. The molecule has 0 aromatic heterocycles. The standard InChI is InChI=1S/C9H17NO2/c1-7(2)8-5-3-4-6-10(8)9(11)12/h7-8H,3-6H2,1-2H3,(H,11,12). The Hall–Kier alpha value is -0.730. The van der Waals surface area contributed by atoms with Gasteiger partial charge in [0, 0.05) is 12.6 Å². The van der Waals surface area contributed by atoms with Gasteiger partial charge in [0.25, 0.3) is 0 Å². The first-order valence-corrected chi connectivity index (χ1v) is 4.62. The van der Waals surface area contributed by atoms with Crippen LogP contribution in [-0.4, -0.2) is 28.7 Å². The molecule has 0 aromatic rings. The molecule has 1 aliphatic rings. The number of nitrogens with zero attached hydrogens (tertiary/aromatic N) is 1. The van der Waals surface area contributed by atoms with E-state index in [1.54, 1.807) is 4.90 Å². The molecule has 0 bridgehead atoms. The van der Waals surface area contributed by atoms with E-state index >= 15 is 0 Å². The molecule has 0 aromatic carbocycles. The van der Waals surface area contributed by atoms with Gasteiger partial charge in [0.05, 0.1) is 0 Å². The average Bonchev–Trinajstić information content (AvgIpc) is 2.04. The monoisotopic (exact) mass is 171 g/mol. The third-order valence-corrected chi connectivity index (χ3v) is 2.56. The van der Waals surface area contributed by atoms with Crippen LogP contribution in [0.3, 0.4) is 0 Å². The van der Waals surface area contributed by atoms with Crippen LogP contribution in [0.25, 0.3) is 0 Å². The van der Waals surface area contributed by atoms with Crippen molar-refractivity contribution in [1.29, 1.82) is 0 Å². The lowest BCUT2D eigenvalue weighted by atomic mass is 9.93. The second-order valence-electron chi connectivity index (χ2n) is 3.78. The van der Waals surface area contributed by atoms with Crippen LogP contribution in [0.1, 0.15) is 33.1 Å². The summed E-state index contributed by atoms with van der Waals surface area (Å²) >= 11 is 0. The molecule has 70 valence electrons. The molecule has 3 nitrogen and oxygen atoms in total. The number of amides is 1. The Kier molecular flexibility index (Phi) is 2.95. The maximum atomic E-state index is 10.8. The van der Waals surface area contributed by atoms with E-state index in [0.717, 1.165) is 19.4 Å². The number of rotatable bonds is 1. The Morgan fingerprint density at radius 2 is 2.17 bits per heavy atom. The van der Waals surface area contributed by atoms with Crippen LogP contribution in [-0.2, 0) is 0 Å². The molecule has 1 N–H and O–H groups in total. The minimum Gasteiger partial charge on any atom is -0.465 e. The van der Waals surface area contributed by atoms with Crippen LogP contribution >= 0.6 is 0 Å². The van der Waals surface area contributed by atoms with Crippen molar-refractivity contribution in [3.63, 3.8) is 0 Å². The summed E-state index contributed by atoms with van der Waals surface area (Å²) in [4.78, 5) is 12.4. The maximum Gasteiger partial charge on any atom is 0.407 e. The smallest absolute Gasteiger partial charge is 0.407 e. The summed E-state index contributed by atoms with van der Waals surface area (Å²) in [6, 6.07) is 0.247. The van der Waals surface area contributed by atoms with Crippen LogP contribution in [0.5, 0.6) is 0 Å². The first-order chi connectivity index (χ1) is 5.63. The Morgan fingerprint density at radius 3 is 2.58 bits per heavy atom. The second kappa shape index (κ2) is 3.78. The second-order valence-corrected chi connectivity index (χ2v) is 3.78. The molecular weight excluding hydrogens is 154 g/mol. The zero-order chi connectivity index (χ0) is 9.14. The first kappa shape index (κ1) is 9.36. The van der Waals surface area contributed by atoms with Gasteiger partial charge in [-0.15, -0.1) is 0 Å². The van der Waals surface area contributed by atoms with E-state index in [9.17, 15) is 4.79 Å². The SMILES string of the molecule is CC(C)C1CCCCN1C(=O)O. The summed E-state index contributed by atoms with van der Waals surface area (Å²) in [5.41, 5.74) is 0. The van der Waals surface area contributed by atoms with Gasteiger partial charge < -0.3 is 10.0 Å². The number of likely N-dealkylation sites (tertiary alicyclic amines) is 1. The lowest BCUT2D eigenvalue weighted by Crippen LogP contribution is -2.45. The van der Waals surface area contributed by atoms with Crippen molar-refractivity contribution >= 4 is 6.09 Å². The Bertz CT molecular complexity index is 168. The van der Waals surface area contributed by atoms with Gasteiger partial charge in [0.15, 0.2) is 0 Å². The van der Waals surface area contributed by atoms with Gasteiger partial charge >= 0.3 is 6.09 Å². The van der Waals surface area contributed by atoms with Crippen LogP contribution in [0.4, 0.5) is 4.79 Å². The number of carbonyl (C=O) groups is 1. The topological polar surface area (TPSA) is 40.5 Å². The molecule has 0 saturated carbocycles. The Morgan fingerprint density at radius 1 is 1.50 bits per heavy atom. The minimum absolute atomic E-state index is 0.247. The van der Waals surface area contributed by atoms with E-state index in [1.165, 1.54) is 6.42 Å². The van der Waals surface area contributed by atoms with Crippen LogP contribution in [0.2, 0.25) is 0 Å². The largest absolute Gasteiger partial charge is 0.465 e. The Labute approximate surface area is 73.4 Å². The van der Waals surface area contributed by atoms with E-state index in [-0.39, 0.29) is 6.04 Å². The summed E-state index contributed by atoms with van der Waals surface area (Å²) in [7, 11) is 0. The molecule has 0 spiro atoms. The van der Waals surface area contributed by atoms with Gasteiger partial charge in [0.1, 0.15) is 0 Å². The highest BCUT2D eigenvalue weighted by molar-refractivity contribution is 5.65. The highest BCUT2D eigenvalue weighted by Gasteiger charge is 2.28. The number of carboxylic acid groups (broad SMARTS) is 1. The Balaban J connectivity index is 2.60. The summed E-state index contributed by atoms with van der Waals surface area (Å²) in [6.45, 7) is 4.90. The maximum absolute atomic E-state index is 10.8. The zero-order valence-electron chi connectivity index (χ0n) is 7.79. The van der Waals surface area contributed by atoms with Crippen molar-refractivity contribution in [2.75, 3.05) is 6.54 Å². The molecule has 0 aliphatic carbocycles. The lowest BCUT2D eigenvalue weighted by Gasteiger charge is -2.36. The van der Waals surface area contributed by atoms with Crippen LogP contribution < -0.4 is 0 Å². The molecule has 1 aliphatic heterocycles. The van der Waals surface area contributed by atoms with E-state index in [1.807, 2.05) is 0 Å². The van der Waals surface area contributed by atoms with Crippen molar-refractivity contribution < 1.29 is 9.90 Å². The molecule has 1 heterocycles. The molecule has 1 fully saturated rings. The summed E-state index contributed by atoms with van der Waals surface area (Å²) in [6.07, 6.45) is 2.47. The van der Waals surface area contributed by atoms with Crippen molar-refractivity contribution in [3.05, 3.63) is 0 Å². The molecule has 3 heteroatoms. The van der Waals surface area contributed by atoms with Crippen molar-refractivity contribution in [2.24, 2.45) is 5.92 Å². The molecule has 0 radical (unpaired) electrons. The van der Waals surface area contributed by atoms with Crippen LogP contribution in [0.15, 0.2) is 0 Å². The van der Waals surface area contributed by atoms with Gasteiger partial charge in [-0.25, -0.2) is 4.79 Å². The molecule has 1 amide bonds. The van der Waals surface area contributed by atoms with Crippen molar-refractivity contribution in [1.82, 2.24) is 4.90 Å². The third kappa shape index (κ3) is 1.90. The van der Waals surface area contributed by atoms with Gasteiger partial charge in [-0.3, -0.25) is 0 Å². The van der Waals surface area contributed by atoms with Gasteiger partial charge in [-0.05, 0) is 25.2 Å². The summed E-state index contributed by atoms with van der Waals surface area (Å²) < 4.78 is 0. The molecule has 12 heavy (non-hydrogen) atoms. The van der Waals surface area contributed by atoms with Gasteiger partial charge in [-0.1, -0.05) is 13.8 Å². The van der Waals surface area contributed by atoms with E-state index in [4.69, 9.17) is 5.11 Å². The summed E-state index contributed by atoms with van der Waals surface area (Å²) in [5, 5.41) is 8.88. The van der Waals surface area contributed by atoms with E-state index < -0.39 is 6.09 Å². The summed E-state index contributed by atoms with van der Waals surface area (Å²) in [5.74, 6) is 0.446. The average molecular weight is 171 g/mol. The van der Waals surface area contributed by atoms with Gasteiger partial charge in [-0.2, -0.15) is 0 Å². The van der Waals surface area contributed by atoms with Gasteiger partial charge in [0.2, 0.25) is 0 Å². The fourth-order valence-corrected chi connectivity index (χ4v) is 1.89. The molecular formula is C9H17NO2. The quantitative estimate of drug-likeness (QED) is 0.656. The lowest BCUT2D eigenvalue weighted by molar-refractivity contribution is 0.0893. The zero-order valence-corrected chi connectivity index (χ0v) is 7.79. The number of piperidine rings is 1. The molecule has 1 unspecified atom stereocenters. The van der Waals surface area contributed by atoms with Crippen LogP contribution in [0, 0.1) is 5.92 Å². The predicted octanol–water partition coefficient (Wildman–Crippen LogP) is 2.17. The highest BCUT2D eigenvalue weighted by Crippen LogP contribution is 2.22. The fraction of sp³-hybridized carbons (Fsp3) is 0.889. The number of hydrogen-bond donors (Lipinski definition) is 1. The van der Waals surface area contributed by atoms with Crippen molar-refractivity contribution in [2.45, 2.75) is 39.2 Å². The normalized spacial score (nSPS) is 24.6. The highest BCUT2D eigenvalue weighted by atomic mass is 16.4. The fourth-order valence-electron chi connectivity index (χ4n) is 1.89. The van der Waals surface area contributed by atoms with E-state index in [0.29, 0.717) is 5.92 Å². The molecule has 1 rings (SSSR count). The third-order valence-electron chi connectivity index (χ3n) is 2.56.